The summed E-state index contributed by atoms with van der Waals surface area (Å²) in [6.45, 7) is 0. The molecule has 2 N–H and O–H groups in total. The molecule has 0 aliphatic carbocycles. The van der Waals surface area contributed by atoms with Crippen molar-refractivity contribution in [1.29, 1.82) is 0 Å². The van der Waals surface area contributed by atoms with Crippen molar-refractivity contribution in [2.45, 2.75) is 6.18 Å². The van der Waals surface area contributed by atoms with E-state index in [1.165, 1.54) is 53.4 Å². The first-order chi connectivity index (χ1) is 16.2. The highest BCUT2D eigenvalue weighted by atomic mass is 19.4. The standard InChI is InChI=1S/C24H16F4N4O2/c25-19-2-1-3-20(12-19)30-29-13-17-14-32(21-10-8-18(9-11-21)24(26,27)28)31-22(17)15-4-6-16(7-5-15)23(33)34/h1-14,30H,(H,33,34)/b29-13+. The van der Waals surface area contributed by atoms with Crippen LogP contribution in [0.2, 0.25) is 0 Å². The van der Waals surface area contributed by atoms with Gasteiger partial charge in [0, 0.05) is 17.3 Å². The van der Waals surface area contributed by atoms with Gasteiger partial charge in [0.15, 0.2) is 0 Å². The second kappa shape index (κ2) is 9.18. The first kappa shape index (κ1) is 22.7. The van der Waals surface area contributed by atoms with Crippen LogP contribution in [0.5, 0.6) is 0 Å². The molecule has 10 heteroatoms. The topological polar surface area (TPSA) is 79.5 Å². The van der Waals surface area contributed by atoms with Crippen LogP contribution in [0.25, 0.3) is 16.9 Å². The van der Waals surface area contributed by atoms with Crippen molar-refractivity contribution in [3.63, 3.8) is 0 Å². The predicted molar refractivity (Wildman–Crippen MR) is 119 cm³/mol. The van der Waals surface area contributed by atoms with Crippen LogP contribution in [0.1, 0.15) is 21.5 Å². The number of anilines is 1. The summed E-state index contributed by atoms with van der Waals surface area (Å²) in [5, 5.41) is 17.7. The summed E-state index contributed by atoms with van der Waals surface area (Å²) >= 11 is 0. The Morgan fingerprint density at radius 2 is 1.74 bits per heavy atom. The summed E-state index contributed by atoms with van der Waals surface area (Å²) in [5.41, 5.74) is 4.29. The van der Waals surface area contributed by atoms with E-state index in [0.29, 0.717) is 28.2 Å². The lowest BCUT2D eigenvalue weighted by Gasteiger charge is -2.07. The fourth-order valence-corrected chi connectivity index (χ4v) is 3.15. The zero-order valence-electron chi connectivity index (χ0n) is 17.3. The Kier molecular flexibility index (Phi) is 6.13. The van der Waals surface area contributed by atoms with E-state index in [-0.39, 0.29) is 5.56 Å². The van der Waals surface area contributed by atoms with E-state index in [4.69, 9.17) is 5.11 Å². The molecule has 0 radical (unpaired) electrons. The van der Waals surface area contributed by atoms with Crippen LogP contribution in [0.4, 0.5) is 23.2 Å². The van der Waals surface area contributed by atoms with Crippen molar-refractivity contribution < 1.29 is 27.5 Å². The number of rotatable bonds is 6. The number of nitrogens with zero attached hydrogens (tertiary/aromatic N) is 3. The molecule has 0 atom stereocenters. The number of carboxylic acid groups (broad SMARTS) is 1. The van der Waals surface area contributed by atoms with Gasteiger partial charge in [-0.2, -0.15) is 23.4 Å². The Morgan fingerprint density at radius 3 is 2.35 bits per heavy atom. The van der Waals surface area contributed by atoms with Gasteiger partial charge >= 0.3 is 12.1 Å². The Bertz CT molecular complexity index is 1340. The highest BCUT2D eigenvalue weighted by Crippen LogP contribution is 2.30. The van der Waals surface area contributed by atoms with Gasteiger partial charge in [-0.15, -0.1) is 0 Å². The summed E-state index contributed by atoms with van der Waals surface area (Å²) < 4.78 is 53.4. The zero-order chi connectivity index (χ0) is 24.3. The molecule has 4 aromatic rings. The Labute approximate surface area is 190 Å². The number of alkyl halides is 3. The fourth-order valence-electron chi connectivity index (χ4n) is 3.15. The van der Waals surface area contributed by atoms with Crippen LogP contribution in [-0.2, 0) is 6.18 Å². The van der Waals surface area contributed by atoms with Gasteiger partial charge in [-0.1, -0.05) is 18.2 Å². The lowest BCUT2D eigenvalue weighted by atomic mass is 10.1. The Balaban J connectivity index is 1.70. The van der Waals surface area contributed by atoms with Gasteiger partial charge in [-0.25, -0.2) is 13.9 Å². The number of aromatic carboxylic acids is 1. The van der Waals surface area contributed by atoms with Crippen LogP contribution in [0, 0.1) is 5.82 Å². The second-order valence-electron chi connectivity index (χ2n) is 7.19. The summed E-state index contributed by atoms with van der Waals surface area (Å²) in [6, 6.07) is 16.2. The van der Waals surface area contributed by atoms with Crippen LogP contribution in [-0.4, -0.2) is 27.1 Å². The average molecular weight is 468 g/mol. The molecule has 0 fully saturated rings. The monoisotopic (exact) mass is 468 g/mol. The van der Waals surface area contributed by atoms with E-state index in [0.717, 1.165) is 12.1 Å². The number of hydrogen-bond donors (Lipinski definition) is 2. The maximum atomic E-state index is 13.4. The quantitative estimate of drug-likeness (QED) is 0.212. The lowest BCUT2D eigenvalue weighted by Crippen LogP contribution is -2.05. The zero-order valence-corrected chi connectivity index (χ0v) is 17.3. The SMILES string of the molecule is O=C(O)c1ccc(-c2nn(-c3ccc(C(F)(F)F)cc3)cc2/C=N/Nc2cccc(F)c2)cc1. The van der Waals surface area contributed by atoms with E-state index in [9.17, 15) is 22.4 Å². The van der Waals surface area contributed by atoms with E-state index >= 15 is 0 Å². The molecule has 1 heterocycles. The maximum absolute atomic E-state index is 13.4. The second-order valence-corrected chi connectivity index (χ2v) is 7.19. The molecule has 6 nitrogen and oxygen atoms in total. The highest BCUT2D eigenvalue weighted by Gasteiger charge is 2.30. The number of benzene rings is 3. The van der Waals surface area contributed by atoms with Gasteiger partial charge in [0.2, 0.25) is 0 Å². The van der Waals surface area contributed by atoms with Crippen molar-refractivity contribution in [1.82, 2.24) is 9.78 Å². The minimum absolute atomic E-state index is 0.0916. The maximum Gasteiger partial charge on any atom is 0.416 e. The molecular weight excluding hydrogens is 452 g/mol. The van der Waals surface area contributed by atoms with Crippen LogP contribution < -0.4 is 5.43 Å². The third kappa shape index (κ3) is 5.12. The Morgan fingerprint density at radius 1 is 1.03 bits per heavy atom. The third-order valence-corrected chi connectivity index (χ3v) is 4.83. The van der Waals surface area contributed by atoms with Gasteiger partial charge < -0.3 is 5.11 Å². The normalized spacial score (nSPS) is 11.6. The van der Waals surface area contributed by atoms with Gasteiger partial charge in [0.1, 0.15) is 11.5 Å². The third-order valence-electron chi connectivity index (χ3n) is 4.83. The Hall–Kier alpha value is -4.47. The fraction of sp³-hybridized carbons (Fsp3) is 0.0417. The van der Waals surface area contributed by atoms with Gasteiger partial charge in [-0.3, -0.25) is 5.43 Å². The van der Waals surface area contributed by atoms with Crippen molar-refractivity contribution in [3.05, 3.63) is 102 Å². The molecule has 0 aliphatic rings. The predicted octanol–water partition coefficient (Wildman–Crippen LogP) is 5.84. The molecule has 0 saturated heterocycles. The molecule has 1 aromatic heterocycles. The molecule has 172 valence electrons. The summed E-state index contributed by atoms with van der Waals surface area (Å²) in [4.78, 5) is 11.1. The van der Waals surface area contributed by atoms with Crippen molar-refractivity contribution >= 4 is 17.9 Å². The molecule has 0 saturated carbocycles. The van der Waals surface area contributed by atoms with Gasteiger partial charge in [-0.05, 0) is 54.6 Å². The summed E-state index contributed by atoms with van der Waals surface area (Å²) in [5.74, 6) is -1.52. The molecule has 34 heavy (non-hydrogen) atoms. The van der Waals surface area contributed by atoms with E-state index in [1.54, 1.807) is 24.4 Å². The van der Waals surface area contributed by atoms with E-state index in [2.05, 4.69) is 15.6 Å². The minimum atomic E-state index is -4.46. The number of halogens is 4. The number of hydrazone groups is 1. The van der Waals surface area contributed by atoms with Crippen LogP contribution in [0.15, 0.2) is 84.1 Å². The summed E-state index contributed by atoms with van der Waals surface area (Å²) in [6.07, 6.45) is -1.46. The molecule has 0 unspecified atom stereocenters. The summed E-state index contributed by atoms with van der Waals surface area (Å²) in [7, 11) is 0. The minimum Gasteiger partial charge on any atom is -0.478 e. The lowest BCUT2D eigenvalue weighted by molar-refractivity contribution is -0.137. The first-order valence-electron chi connectivity index (χ1n) is 9.86. The van der Waals surface area contributed by atoms with Crippen LogP contribution >= 0.6 is 0 Å². The largest absolute Gasteiger partial charge is 0.478 e. The number of aromatic nitrogens is 2. The number of carbonyl (C=O) groups is 1. The first-order valence-corrected chi connectivity index (χ1v) is 9.86. The number of carboxylic acids is 1. The smallest absolute Gasteiger partial charge is 0.416 e. The van der Waals surface area contributed by atoms with Crippen molar-refractivity contribution in [2.75, 3.05) is 5.43 Å². The van der Waals surface area contributed by atoms with Gasteiger partial charge in [0.25, 0.3) is 0 Å². The molecular formula is C24H16F4N4O2. The molecule has 0 amide bonds. The average Bonchev–Trinajstić information content (AvgIpc) is 3.23. The van der Waals surface area contributed by atoms with E-state index in [1.807, 2.05) is 0 Å². The molecule has 0 aliphatic heterocycles. The molecule has 4 rings (SSSR count). The van der Waals surface area contributed by atoms with Gasteiger partial charge in [0.05, 0.1) is 28.7 Å². The molecule has 0 spiro atoms. The number of hydrogen-bond acceptors (Lipinski definition) is 4. The van der Waals surface area contributed by atoms with Crippen molar-refractivity contribution in [3.8, 4) is 16.9 Å². The van der Waals surface area contributed by atoms with Crippen LogP contribution in [0.3, 0.4) is 0 Å². The van der Waals surface area contributed by atoms with E-state index < -0.39 is 23.5 Å². The number of nitrogens with one attached hydrogen (secondary N) is 1. The highest BCUT2D eigenvalue weighted by molar-refractivity contribution is 5.91. The molecule has 3 aromatic carbocycles. The van der Waals surface area contributed by atoms with Crippen molar-refractivity contribution in [2.24, 2.45) is 5.10 Å². The molecule has 0 bridgehead atoms.